The molecule has 168 valence electrons. The van der Waals surface area contributed by atoms with Crippen LogP contribution in [0, 0.1) is 0 Å². The number of methoxy groups -OCH3 is 1. The summed E-state index contributed by atoms with van der Waals surface area (Å²) in [6.45, 7) is 0. The molecule has 3 aromatic heterocycles. The third kappa shape index (κ3) is 4.37. The number of aromatic amines is 1. The largest absolute Gasteiger partial charge is 0.497 e. The van der Waals surface area contributed by atoms with Crippen LogP contribution in [0.2, 0.25) is 0 Å². The fourth-order valence-corrected chi connectivity index (χ4v) is 4.09. The van der Waals surface area contributed by atoms with Crippen molar-refractivity contribution in [1.82, 2.24) is 19.7 Å². The minimum Gasteiger partial charge on any atom is -0.497 e. The lowest BCUT2D eigenvalue weighted by molar-refractivity contribution is 0.102. The Labute approximate surface area is 198 Å². The van der Waals surface area contributed by atoms with Gasteiger partial charge >= 0.3 is 0 Å². The van der Waals surface area contributed by atoms with Crippen LogP contribution in [0.3, 0.4) is 0 Å². The average molecular weight is 470 g/mol. The third-order valence-corrected chi connectivity index (χ3v) is 5.97. The minimum absolute atomic E-state index is 0.194. The van der Waals surface area contributed by atoms with Gasteiger partial charge in [0.25, 0.3) is 11.5 Å². The lowest BCUT2D eigenvalue weighted by Gasteiger charge is -2.09. The minimum atomic E-state index is -0.330. The van der Waals surface area contributed by atoms with Crippen LogP contribution >= 0.6 is 11.3 Å². The van der Waals surface area contributed by atoms with Crippen LogP contribution in [0.25, 0.3) is 27.8 Å². The predicted molar refractivity (Wildman–Crippen MR) is 132 cm³/mol. The maximum Gasteiger partial charge on any atom is 0.256 e. The lowest BCUT2D eigenvalue weighted by atomic mass is 10.1. The number of carbonyl (C=O) groups is 1. The number of hydrogen-bond acceptors (Lipinski definition) is 6. The van der Waals surface area contributed by atoms with E-state index in [2.05, 4.69) is 20.4 Å². The van der Waals surface area contributed by atoms with Crippen molar-refractivity contribution in [3.05, 3.63) is 100 Å². The Hall–Kier alpha value is -4.50. The molecule has 3 heterocycles. The number of hydrogen-bond donors (Lipinski definition) is 2. The van der Waals surface area contributed by atoms with Crippen molar-refractivity contribution in [3.8, 4) is 33.5 Å². The normalized spacial score (nSPS) is 10.7. The molecule has 0 fully saturated rings. The molecule has 0 bridgehead atoms. The van der Waals surface area contributed by atoms with Gasteiger partial charge in [-0.3, -0.25) is 14.6 Å². The van der Waals surface area contributed by atoms with Gasteiger partial charge in [0.05, 0.1) is 17.7 Å². The lowest BCUT2D eigenvalue weighted by Crippen LogP contribution is -2.18. The summed E-state index contributed by atoms with van der Waals surface area (Å²) < 4.78 is 6.60. The summed E-state index contributed by atoms with van der Waals surface area (Å²) in [5.74, 6) is 0.890. The SMILES string of the molecule is COc1ccc(C(=O)Nc2cc(-c3cccs3)nn2-c2nc(-c3ccccc3)cc(=O)[nH]2)cc1. The Morgan fingerprint density at radius 2 is 1.79 bits per heavy atom. The molecule has 0 atom stereocenters. The first-order valence-corrected chi connectivity index (χ1v) is 11.3. The van der Waals surface area contributed by atoms with E-state index >= 15 is 0 Å². The number of amides is 1. The number of aromatic nitrogens is 4. The number of benzene rings is 2. The molecule has 5 aromatic rings. The Balaban J connectivity index is 1.57. The summed E-state index contributed by atoms with van der Waals surface area (Å²) in [7, 11) is 1.57. The van der Waals surface area contributed by atoms with Gasteiger partial charge in [0.15, 0.2) is 0 Å². The summed E-state index contributed by atoms with van der Waals surface area (Å²) in [6.07, 6.45) is 0. The van der Waals surface area contributed by atoms with Crippen LogP contribution in [0.5, 0.6) is 5.75 Å². The van der Waals surface area contributed by atoms with E-state index in [9.17, 15) is 9.59 Å². The molecular formula is C25H19N5O3S. The van der Waals surface area contributed by atoms with Crippen LogP contribution < -0.4 is 15.6 Å². The van der Waals surface area contributed by atoms with Crippen LogP contribution in [0.15, 0.2) is 89.0 Å². The fraction of sp³-hybridized carbons (Fsp3) is 0.0400. The zero-order chi connectivity index (χ0) is 23.5. The van der Waals surface area contributed by atoms with E-state index in [1.54, 1.807) is 37.4 Å². The van der Waals surface area contributed by atoms with E-state index in [1.807, 2.05) is 47.8 Å². The van der Waals surface area contributed by atoms with Crippen molar-refractivity contribution >= 4 is 23.1 Å². The first-order chi connectivity index (χ1) is 16.6. The summed E-state index contributed by atoms with van der Waals surface area (Å²) in [5, 5.41) is 9.46. The molecular weight excluding hydrogens is 450 g/mol. The second-order valence-electron chi connectivity index (χ2n) is 7.31. The third-order valence-electron chi connectivity index (χ3n) is 5.08. The monoisotopic (exact) mass is 469 g/mol. The molecule has 2 N–H and O–H groups in total. The van der Waals surface area contributed by atoms with Crippen LogP contribution in [0.4, 0.5) is 5.82 Å². The molecule has 0 aliphatic rings. The highest BCUT2D eigenvalue weighted by molar-refractivity contribution is 7.13. The Morgan fingerprint density at radius 1 is 1.00 bits per heavy atom. The molecule has 0 radical (unpaired) electrons. The highest BCUT2D eigenvalue weighted by Crippen LogP contribution is 2.28. The molecule has 9 heteroatoms. The van der Waals surface area contributed by atoms with Crippen LogP contribution in [0.1, 0.15) is 10.4 Å². The van der Waals surface area contributed by atoms with Crippen molar-refractivity contribution in [2.45, 2.75) is 0 Å². The number of rotatable bonds is 6. The van der Waals surface area contributed by atoms with Gasteiger partial charge in [-0.1, -0.05) is 36.4 Å². The van der Waals surface area contributed by atoms with Gasteiger partial charge in [-0.25, -0.2) is 4.98 Å². The smallest absolute Gasteiger partial charge is 0.256 e. The molecule has 34 heavy (non-hydrogen) atoms. The maximum atomic E-state index is 13.0. The molecule has 8 nitrogen and oxygen atoms in total. The number of carbonyl (C=O) groups excluding carboxylic acids is 1. The van der Waals surface area contributed by atoms with Gasteiger partial charge in [0, 0.05) is 23.3 Å². The molecule has 5 rings (SSSR count). The topological polar surface area (TPSA) is 102 Å². The summed E-state index contributed by atoms with van der Waals surface area (Å²) in [5.41, 5.74) is 2.06. The zero-order valence-electron chi connectivity index (χ0n) is 18.1. The standard InChI is InChI=1S/C25H19N5O3S/c1-33-18-11-9-17(10-12-18)24(32)27-22-14-20(21-8-5-13-34-21)29-30(22)25-26-19(15-23(31)28-25)16-6-3-2-4-7-16/h2-15H,1H3,(H,27,32)(H,26,28,31). The van der Waals surface area contributed by atoms with E-state index in [0.29, 0.717) is 28.5 Å². The molecule has 2 aromatic carbocycles. The van der Waals surface area contributed by atoms with E-state index < -0.39 is 0 Å². The molecule has 0 aliphatic heterocycles. The quantitative estimate of drug-likeness (QED) is 0.378. The van der Waals surface area contributed by atoms with Crippen molar-refractivity contribution in [2.24, 2.45) is 0 Å². The second-order valence-corrected chi connectivity index (χ2v) is 8.25. The van der Waals surface area contributed by atoms with Crippen molar-refractivity contribution < 1.29 is 9.53 Å². The van der Waals surface area contributed by atoms with Gasteiger partial charge in [0.1, 0.15) is 17.3 Å². The van der Waals surface area contributed by atoms with Crippen LogP contribution in [-0.4, -0.2) is 32.8 Å². The molecule has 0 aliphatic carbocycles. The predicted octanol–water partition coefficient (Wildman–Crippen LogP) is 4.61. The van der Waals surface area contributed by atoms with E-state index in [4.69, 9.17) is 4.74 Å². The number of nitrogens with one attached hydrogen (secondary N) is 2. The number of anilines is 1. The van der Waals surface area contributed by atoms with E-state index in [0.717, 1.165) is 10.4 Å². The first-order valence-electron chi connectivity index (χ1n) is 10.4. The number of H-pyrrole nitrogens is 1. The maximum absolute atomic E-state index is 13.0. The summed E-state index contributed by atoms with van der Waals surface area (Å²) in [6, 6.07) is 23.2. The van der Waals surface area contributed by atoms with Crippen molar-refractivity contribution in [3.63, 3.8) is 0 Å². The van der Waals surface area contributed by atoms with Crippen molar-refractivity contribution in [2.75, 3.05) is 12.4 Å². The van der Waals surface area contributed by atoms with Gasteiger partial charge < -0.3 is 10.1 Å². The van der Waals surface area contributed by atoms with Gasteiger partial charge in [-0.05, 0) is 35.7 Å². The molecule has 0 unspecified atom stereocenters. The van der Waals surface area contributed by atoms with Crippen molar-refractivity contribution in [1.29, 1.82) is 0 Å². The second kappa shape index (κ2) is 9.16. The van der Waals surface area contributed by atoms with Crippen LogP contribution in [-0.2, 0) is 0 Å². The van der Waals surface area contributed by atoms with Gasteiger partial charge in [-0.15, -0.1) is 11.3 Å². The Morgan fingerprint density at radius 3 is 2.50 bits per heavy atom. The number of thiophene rings is 1. The summed E-state index contributed by atoms with van der Waals surface area (Å²) >= 11 is 1.52. The number of ether oxygens (including phenoxy) is 1. The first kappa shape index (κ1) is 21.4. The zero-order valence-corrected chi connectivity index (χ0v) is 18.9. The Bertz CT molecular complexity index is 1490. The molecule has 0 saturated heterocycles. The summed E-state index contributed by atoms with van der Waals surface area (Å²) in [4.78, 5) is 33.7. The average Bonchev–Trinajstić information content (AvgIpc) is 3.55. The highest BCUT2D eigenvalue weighted by Gasteiger charge is 2.18. The highest BCUT2D eigenvalue weighted by atomic mass is 32.1. The van der Waals surface area contributed by atoms with E-state index in [-0.39, 0.29) is 17.4 Å². The van der Waals surface area contributed by atoms with E-state index in [1.165, 1.54) is 22.1 Å². The molecule has 0 saturated carbocycles. The fourth-order valence-electron chi connectivity index (χ4n) is 3.41. The number of nitrogens with zero attached hydrogens (tertiary/aromatic N) is 3. The van der Waals surface area contributed by atoms with Gasteiger partial charge in [0.2, 0.25) is 5.95 Å². The Kier molecular flexibility index (Phi) is 5.75. The van der Waals surface area contributed by atoms with Gasteiger partial charge in [-0.2, -0.15) is 9.78 Å². The molecule has 1 amide bonds. The molecule has 0 spiro atoms.